The SMILES string of the molecule is Cc1ncc(C(c2ccc3c(nnn3C3CC3)c2C)C(C)(C)C(=O)O)cc1CN1CC2(CCOCC2)Oc2ncccc2S1(=O)=O. The number of aromatic nitrogens is 5. The lowest BCUT2D eigenvalue weighted by Gasteiger charge is -2.38. The van der Waals surface area contributed by atoms with E-state index in [1.165, 1.54) is 16.6 Å². The maximum absolute atomic E-state index is 14.1. The summed E-state index contributed by atoms with van der Waals surface area (Å²) in [4.78, 5) is 21.8. The topological polar surface area (TPSA) is 150 Å². The van der Waals surface area contributed by atoms with Crippen LogP contribution in [0.25, 0.3) is 11.0 Å². The van der Waals surface area contributed by atoms with Gasteiger partial charge in [0.1, 0.15) is 16.0 Å². The van der Waals surface area contributed by atoms with Crippen LogP contribution in [0.15, 0.2) is 47.6 Å². The van der Waals surface area contributed by atoms with Gasteiger partial charge < -0.3 is 14.6 Å². The van der Waals surface area contributed by atoms with E-state index in [1.807, 2.05) is 36.7 Å². The zero-order chi connectivity index (χ0) is 32.4. The number of carboxylic acids is 1. The predicted octanol–water partition coefficient (Wildman–Crippen LogP) is 4.55. The average Bonchev–Trinajstić information content (AvgIpc) is 3.78. The van der Waals surface area contributed by atoms with Crippen molar-refractivity contribution in [2.24, 2.45) is 5.41 Å². The second-order valence-electron chi connectivity index (χ2n) is 13.4. The summed E-state index contributed by atoms with van der Waals surface area (Å²) in [6, 6.07) is 9.33. The van der Waals surface area contributed by atoms with Crippen LogP contribution in [-0.4, -0.2) is 74.1 Å². The van der Waals surface area contributed by atoms with Gasteiger partial charge in [-0.2, -0.15) is 4.31 Å². The highest BCUT2D eigenvalue weighted by atomic mass is 32.2. The van der Waals surface area contributed by atoms with Crippen molar-refractivity contribution in [3.8, 4) is 5.88 Å². The molecule has 2 aliphatic heterocycles. The number of hydrogen-bond donors (Lipinski definition) is 1. The molecule has 0 amide bonds. The van der Waals surface area contributed by atoms with E-state index in [1.54, 1.807) is 26.1 Å². The largest absolute Gasteiger partial charge is 0.481 e. The first kappa shape index (κ1) is 30.7. The van der Waals surface area contributed by atoms with Crippen LogP contribution in [0, 0.1) is 19.3 Å². The molecule has 1 N–H and O–H groups in total. The Morgan fingerprint density at radius 2 is 1.91 bits per heavy atom. The summed E-state index contributed by atoms with van der Waals surface area (Å²) >= 11 is 0. The van der Waals surface area contributed by atoms with E-state index in [-0.39, 0.29) is 23.9 Å². The van der Waals surface area contributed by atoms with Crippen LogP contribution in [0.3, 0.4) is 0 Å². The van der Waals surface area contributed by atoms with Gasteiger partial charge in [-0.3, -0.25) is 9.78 Å². The molecule has 3 aromatic heterocycles. The van der Waals surface area contributed by atoms with Crippen LogP contribution in [0.2, 0.25) is 0 Å². The molecular formula is C33H38N6O6S. The Morgan fingerprint density at radius 3 is 2.63 bits per heavy atom. The third kappa shape index (κ3) is 5.14. The molecule has 1 aromatic carbocycles. The number of rotatable bonds is 7. The van der Waals surface area contributed by atoms with Crippen molar-refractivity contribution >= 4 is 27.0 Å². The van der Waals surface area contributed by atoms with Gasteiger partial charge in [-0.1, -0.05) is 17.3 Å². The van der Waals surface area contributed by atoms with Crippen LogP contribution < -0.4 is 4.74 Å². The molecule has 0 bridgehead atoms. The normalized spacial score (nSPS) is 20.2. The van der Waals surface area contributed by atoms with Crippen molar-refractivity contribution in [2.75, 3.05) is 19.8 Å². The van der Waals surface area contributed by atoms with Crippen molar-refractivity contribution < 1.29 is 27.8 Å². The molecule has 4 aromatic rings. The average molecular weight is 647 g/mol. The lowest BCUT2D eigenvalue weighted by Crippen LogP contribution is -2.50. The van der Waals surface area contributed by atoms with Gasteiger partial charge in [-0.05, 0) is 81.0 Å². The first-order chi connectivity index (χ1) is 21.9. The van der Waals surface area contributed by atoms with E-state index in [9.17, 15) is 18.3 Å². The summed E-state index contributed by atoms with van der Waals surface area (Å²) in [6.07, 6.45) is 6.43. The van der Waals surface area contributed by atoms with Crippen molar-refractivity contribution in [2.45, 2.75) is 82.4 Å². The van der Waals surface area contributed by atoms with Crippen LogP contribution in [0.4, 0.5) is 0 Å². The van der Waals surface area contributed by atoms with Crippen LogP contribution in [0.5, 0.6) is 5.88 Å². The van der Waals surface area contributed by atoms with Gasteiger partial charge in [0.05, 0.1) is 36.7 Å². The molecule has 1 saturated carbocycles. The van der Waals surface area contributed by atoms with E-state index < -0.39 is 32.9 Å². The van der Waals surface area contributed by atoms with Gasteiger partial charge in [0.15, 0.2) is 0 Å². The van der Waals surface area contributed by atoms with E-state index in [0.29, 0.717) is 48.9 Å². The first-order valence-electron chi connectivity index (χ1n) is 15.7. The summed E-state index contributed by atoms with van der Waals surface area (Å²) in [5, 5.41) is 19.4. The second kappa shape index (κ2) is 11.1. The number of pyridine rings is 2. The van der Waals surface area contributed by atoms with Crippen LogP contribution >= 0.6 is 0 Å². The standard InChI is InChI=1S/C33H38N6O6S/c1-20-25(9-10-26-29(20)36-37-39(26)24-7-8-24)28(32(3,4)31(40)41)22-16-23(21(2)35-17-22)18-38-19-33(11-14-44-15-12-33)45-30-27(46(38,42)43)6-5-13-34-30/h5-6,9-10,13,16-17,24,28H,7-8,11-12,14-15,18-19H2,1-4H3,(H,40,41). The number of fused-ring (bicyclic) bond motifs is 2. The number of hydrogen-bond acceptors (Lipinski definition) is 9. The van der Waals surface area contributed by atoms with Crippen molar-refractivity contribution in [3.63, 3.8) is 0 Å². The lowest BCUT2D eigenvalue weighted by molar-refractivity contribution is -0.147. The van der Waals surface area contributed by atoms with Crippen molar-refractivity contribution in [3.05, 3.63) is 70.7 Å². The molecule has 7 rings (SSSR count). The minimum Gasteiger partial charge on any atom is -0.481 e. The molecule has 12 nitrogen and oxygen atoms in total. The maximum atomic E-state index is 14.1. The Bertz CT molecular complexity index is 1950. The third-order valence-electron chi connectivity index (χ3n) is 9.84. The monoisotopic (exact) mass is 646 g/mol. The summed E-state index contributed by atoms with van der Waals surface area (Å²) in [7, 11) is -4.00. The smallest absolute Gasteiger partial charge is 0.310 e. The van der Waals surface area contributed by atoms with Crippen molar-refractivity contribution in [1.82, 2.24) is 29.3 Å². The molecule has 1 aliphatic carbocycles. The van der Waals surface area contributed by atoms with Gasteiger partial charge in [0.2, 0.25) is 15.9 Å². The molecule has 1 atom stereocenters. The highest BCUT2D eigenvalue weighted by molar-refractivity contribution is 7.89. The summed E-state index contributed by atoms with van der Waals surface area (Å²) in [5.74, 6) is -1.47. The fourth-order valence-electron chi connectivity index (χ4n) is 6.85. The Hall–Kier alpha value is -3.94. The van der Waals surface area contributed by atoms with E-state index in [0.717, 1.165) is 35.0 Å². The number of aliphatic carboxylic acids is 1. The minimum absolute atomic E-state index is 0.0215. The molecule has 3 aliphatic rings. The highest BCUT2D eigenvalue weighted by Gasteiger charge is 2.46. The fraction of sp³-hybridized carbons (Fsp3) is 0.485. The first-order valence-corrected chi connectivity index (χ1v) is 17.1. The number of sulfonamides is 1. The Kier molecular flexibility index (Phi) is 7.41. The summed E-state index contributed by atoms with van der Waals surface area (Å²) in [5.41, 5.74) is 3.35. The quantitative estimate of drug-likeness (QED) is 0.303. The van der Waals surface area contributed by atoms with Gasteiger partial charge in [0.25, 0.3) is 0 Å². The summed E-state index contributed by atoms with van der Waals surface area (Å²) < 4.78 is 43.7. The number of aryl methyl sites for hydroxylation is 2. The number of carbonyl (C=O) groups is 1. The van der Waals surface area contributed by atoms with Crippen molar-refractivity contribution in [1.29, 1.82) is 0 Å². The minimum atomic E-state index is -4.00. The third-order valence-corrected chi connectivity index (χ3v) is 11.6. The molecule has 242 valence electrons. The maximum Gasteiger partial charge on any atom is 0.310 e. The fourth-order valence-corrected chi connectivity index (χ4v) is 8.40. The van der Waals surface area contributed by atoms with Gasteiger partial charge in [-0.15, -0.1) is 5.10 Å². The molecular weight excluding hydrogens is 608 g/mol. The molecule has 13 heteroatoms. The predicted molar refractivity (Wildman–Crippen MR) is 168 cm³/mol. The molecule has 46 heavy (non-hydrogen) atoms. The Balaban J connectivity index is 1.32. The zero-order valence-electron chi connectivity index (χ0n) is 26.4. The second-order valence-corrected chi connectivity index (χ2v) is 15.3. The number of carboxylic acid groups (broad SMARTS) is 1. The number of benzene rings is 1. The van der Waals surface area contributed by atoms with E-state index >= 15 is 0 Å². The van der Waals surface area contributed by atoms with Gasteiger partial charge >= 0.3 is 5.97 Å². The molecule has 0 radical (unpaired) electrons. The Morgan fingerprint density at radius 1 is 1.15 bits per heavy atom. The highest BCUT2D eigenvalue weighted by Crippen LogP contribution is 2.45. The number of ether oxygens (including phenoxy) is 2. The van der Waals surface area contributed by atoms with Crippen LogP contribution in [0.1, 0.15) is 79.4 Å². The molecule has 1 saturated heterocycles. The van der Waals surface area contributed by atoms with E-state index in [4.69, 9.17) is 14.5 Å². The Labute approximate surface area is 267 Å². The van der Waals surface area contributed by atoms with Crippen LogP contribution in [-0.2, 0) is 26.1 Å². The van der Waals surface area contributed by atoms with E-state index in [2.05, 4.69) is 15.3 Å². The molecule has 1 spiro atoms. The molecule has 1 unspecified atom stereocenters. The zero-order valence-corrected chi connectivity index (χ0v) is 27.2. The van der Waals surface area contributed by atoms with Gasteiger partial charge in [-0.25, -0.2) is 18.1 Å². The molecule has 5 heterocycles. The lowest BCUT2D eigenvalue weighted by atomic mass is 9.70. The molecule has 2 fully saturated rings. The summed E-state index contributed by atoms with van der Waals surface area (Å²) in [6.45, 7) is 8.27. The number of nitrogens with zero attached hydrogens (tertiary/aromatic N) is 6. The van der Waals surface area contributed by atoms with Gasteiger partial charge in [0, 0.05) is 43.4 Å².